The minimum absolute atomic E-state index is 0.0970. The Kier molecular flexibility index (Phi) is 6.15. The molecule has 1 N–H and O–H groups in total. The first-order chi connectivity index (χ1) is 9.03. The van der Waals surface area contributed by atoms with E-state index in [1.54, 1.807) is 7.11 Å². The van der Waals surface area contributed by atoms with Gasteiger partial charge < -0.3 is 15.0 Å². The molecule has 0 fully saturated rings. The molecule has 0 aromatic heterocycles. The van der Waals surface area contributed by atoms with Crippen LogP contribution in [0.4, 0.5) is 5.69 Å². The van der Waals surface area contributed by atoms with Crippen LogP contribution >= 0.6 is 15.9 Å². The first-order valence-corrected chi connectivity index (χ1v) is 7.21. The number of carbonyl (C=O) groups is 1. The smallest absolute Gasteiger partial charge is 0.244 e. The van der Waals surface area contributed by atoms with Gasteiger partial charge in [-0.25, -0.2) is 0 Å². The van der Waals surface area contributed by atoms with Crippen molar-refractivity contribution >= 4 is 27.5 Å². The summed E-state index contributed by atoms with van der Waals surface area (Å²) in [6, 6.07) is 5.36. The highest BCUT2D eigenvalue weighted by Gasteiger charge is 2.18. The topological polar surface area (TPSA) is 41.6 Å². The van der Waals surface area contributed by atoms with Gasteiger partial charge in [0.05, 0.1) is 12.8 Å². The van der Waals surface area contributed by atoms with Gasteiger partial charge in [-0.05, 0) is 48.8 Å². The number of hydrogen-bond acceptors (Lipinski definition) is 3. The first-order valence-electron chi connectivity index (χ1n) is 6.42. The minimum Gasteiger partial charge on any atom is -0.497 e. The Bertz CT molecular complexity index is 433. The fourth-order valence-corrected chi connectivity index (χ4v) is 2.21. The summed E-state index contributed by atoms with van der Waals surface area (Å²) in [5.74, 6) is 0.855. The zero-order valence-corrected chi connectivity index (χ0v) is 13.5. The van der Waals surface area contributed by atoms with Gasteiger partial charge in [-0.1, -0.05) is 0 Å². The Morgan fingerprint density at radius 3 is 2.58 bits per heavy atom. The second-order valence-corrected chi connectivity index (χ2v) is 5.08. The lowest BCUT2D eigenvalue weighted by molar-refractivity contribution is -0.131. The molecule has 1 amide bonds. The van der Waals surface area contributed by atoms with E-state index in [1.165, 1.54) is 0 Å². The first kappa shape index (κ1) is 15.8. The number of hydrogen-bond donors (Lipinski definition) is 1. The van der Waals surface area contributed by atoms with E-state index < -0.39 is 0 Å². The summed E-state index contributed by atoms with van der Waals surface area (Å²) in [6.45, 7) is 7.28. The summed E-state index contributed by atoms with van der Waals surface area (Å²) in [6.07, 6.45) is 0. The molecule has 1 rings (SSSR count). The van der Waals surface area contributed by atoms with Crippen LogP contribution in [-0.2, 0) is 4.79 Å². The van der Waals surface area contributed by atoms with Crippen molar-refractivity contribution in [3.05, 3.63) is 22.7 Å². The molecule has 1 atom stereocenters. The molecule has 106 valence electrons. The molecule has 0 aliphatic heterocycles. The van der Waals surface area contributed by atoms with E-state index >= 15 is 0 Å². The summed E-state index contributed by atoms with van der Waals surface area (Å²) >= 11 is 3.47. The van der Waals surface area contributed by atoms with E-state index in [2.05, 4.69) is 21.2 Å². The van der Waals surface area contributed by atoms with E-state index in [-0.39, 0.29) is 11.9 Å². The number of nitrogens with zero attached hydrogens (tertiary/aromatic N) is 1. The summed E-state index contributed by atoms with van der Waals surface area (Å²) in [7, 11) is 1.62. The highest BCUT2D eigenvalue weighted by molar-refractivity contribution is 9.10. The van der Waals surface area contributed by atoms with Gasteiger partial charge in [-0.15, -0.1) is 0 Å². The number of anilines is 1. The van der Waals surface area contributed by atoms with Crippen molar-refractivity contribution in [2.75, 3.05) is 25.5 Å². The van der Waals surface area contributed by atoms with Crippen molar-refractivity contribution in [2.24, 2.45) is 0 Å². The molecule has 0 spiro atoms. The van der Waals surface area contributed by atoms with E-state index in [0.717, 1.165) is 29.0 Å². The van der Waals surface area contributed by atoms with Crippen molar-refractivity contribution < 1.29 is 9.53 Å². The lowest BCUT2D eigenvalue weighted by Gasteiger charge is -2.24. The number of rotatable bonds is 6. The zero-order chi connectivity index (χ0) is 14.4. The van der Waals surface area contributed by atoms with E-state index in [1.807, 2.05) is 43.9 Å². The van der Waals surface area contributed by atoms with Gasteiger partial charge in [0.2, 0.25) is 5.91 Å². The zero-order valence-electron chi connectivity index (χ0n) is 11.9. The maximum absolute atomic E-state index is 12.2. The normalized spacial score (nSPS) is 11.8. The molecule has 0 aliphatic carbocycles. The maximum Gasteiger partial charge on any atom is 0.244 e. The molecule has 1 aromatic rings. The van der Waals surface area contributed by atoms with E-state index in [0.29, 0.717) is 0 Å². The van der Waals surface area contributed by atoms with Crippen LogP contribution in [0.25, 0.3) is 0 Å². The average Bonchev–Trinajstić information content (AvgIpc) is 2.42. The number of methoxy groups -OCH3 is 1. The molecular weight excluding hydrogens is 308 g/mol. The van der Waals surface area contributed by atoms with Crippen LogP contribution in [0.2, 0.25) is 0 Å². The maximum atomic E-state index is 12.2. The van der Waals surface area contributed by atoms with Gasteiger partial charge in [0.1, 0.15) is 11.8 Å². The third-order valence-corrected chi connectivity index (χ3v) is 3.68. The lowest BCUT2D eigenvalue weighted by Crippen LogP contribution is -2.41. The van der Waals surface area contributed by atoms with Crippen LogP contribution in [0.15, 0.2) is 22.7 Å². The fraction of sp³-hybridized carbons (Fsp3) is 0.500. The van der Waals surface area contributed by atoms with Gasteiger partial charge in [0, 0.05) is 23.6 Å². The van der Waals surface area contributed by atoms with Crippen LogP contribution in [0, 0.1) is 0 Å². The molecule has 1 aromatic carbocycles. The largest absolute Gasteiger partial charge is 0.497 e. The molecule has 4 nitrogen and oxygen atoms in total. The molecule has 5 heteroatoms. The van der Waals surface area contributed by atoms with Gasteiger partial charge in [0.25, 0.3) is 0 Å². The molecule has 0 heterocycles. The number of likely N-dealkylation sites (N-methyl/N-ethyl adjacent to an activating group) is 1. The second-order valence-electron chi connectivity index (χ2n) is 4.22. The number of halogens is 1. The Morgan fingerprint density at radius 2 is 2.05 bits per heavy atom. The van der Waals surface area contributed by atoms with Crippen LogP contribution < -0.4 is 10.1 Å². The van der Waals surface area contributed by atoms with Gasteiger partial charge in [-0.3, -0.25) is 4.79 Å². The Balaban J connectivity index is 2.81. The highest BCUT2D eigenvalue weighted by atomic mass is 79.9. The SMILES string of the molecule is CCN(CC)C(=O)C(C)Nc1cc(OC)ccc1Br. The Morgan fingerprint density at radius 1 is 1.42 bits per heavy atom. The number of benzene rings is 1. The minimum atomic E-state index is -0.275. The number of carbonyl (C=O) groups excluding carboxylic acids is 1. The molecule has 19 heavy (non-hydrogen) atoms. The quantitative estimate of drug-likeness (QED) is 0.872. The van der Waals surface area contributed by atoms with E-state index in [9.17, 15) is 4.79 Å². The average molecular weight is 329 g/mol. The fourth-order valence-electron chi connectivity index (χ4n) is 1.85. The van der Waals surface area contributed by atoms with Crippen molar-refractivity contribution in [3.63, 3.8) is 0 Å². The second kappa shape index (κ2) is 7.38. The van der Waals surface area contributed by atoms with Gasteiger partial charge in [-0.2, -0.15) is 0 Å². The summed E-state index contributed by atoms with van der Waals surface area (Å²) in [5, 5.41) is 3.22. The molecule has 0 radical (unpaired) electrons. The van der Waals surface area contributed by atoms with Crippen molar-refractivity contribution in [2.45, 2.75) is 26.8 Å². The summed E-state index contributed by atoms with van der Waals surface area (Å²) in [5.41, 5.74) is 0.854. The van der Waals surface area contributed by atoms with Crippen molar-refractivity contribution in [1.29, 1.82) is 0 Å². The molecule has 0 saturated heterocycles. The predicted molar refractivity (Wildman–Crippen MR) is 81.7 cm³/mol. The lowest BCUT2D eigenvalue weighted by atomic mass is 10.2. The van der Waals surface area contributed by atoms with Crippen LogP contribution in [0.1, 0.15) is 20.8 Å². The number of nitrogens with one attached hydrogen (secondary N) is 1. The van der Waals surface area contributed by atoms with Crippen LogP contribution in [0.3, 0.4) is 0 Å². The number of ether oxygens (including phenoxy) is 1. The molecule has 1 unspecified atom stereocenters. The standard InChI is InChI=1S/C14H21BrN2O2/c1-5-17(6-2)14(18)10(3)16-13-9-11(19-4)7-8-12(13)15/h7-10,16H,5-6H2,1-4H3. The van der Waals surface area contributed by atoms with Crippen molar-refractivity contribution in [1.82, 2.24) is 4.90 Å². The summed E-state index contributed by atoms with van der Waals surface area (Å²) < 4.78 is 6.10. The summed E-state index contributed by atoms with van der Waals surface area (Å²) in [4.78, 5) is 14.0. The molecule has 0 bridgehead atoms. The predicted octanol–water partition coefficient (Wildman–Crippen LogP) is 3.13. The molecule has 0 saturated carbocycles. The molecule has 0 aliphatic rings. The Labute approximate surface area is 123 Å². The van der Waals surface area contributed by atoms with E-state index in [4.69, 9.17) is 4.74 Å². The Hall–Kier alpha value is -1.23. The van der Waals surface area contributed by atoms with Crippen LogP contribution in [-0.4, -0.2) is 37.0 Å². The third-order valence-electron chi connectivity index (χ3n) is 2.99. The highest BCUT2D eigenvalue weighted by Crippen LogP contribution is 2.27. The van der Waals surface area contributed by atoms with Gasteiger partial charge in [0.15, 0.2) is 0 Å². The van der Waals surface area contributed by atoms with Crippen molar-refractivity contribution in [3.8, 4) is 5.75 Å². The molecular formula is C14H21BrN2O2. The number of amides is 1. The van der Waals surface area contributed by atoms with Gasteiger partial charge >= 0.3 is 0 Å². The monoisotopic (exact) mass is 328 g/mol. The third kappa shape index (κ3) is 4.13. The van der Waals surface area contributed by atoms with Crippen LogP contribution in [0.5, 0.6) is 5.75 Å².